The van der Waals surface area contributed by atoms with Gasteiger partial charge in [-0.1, -0.05) is 19.4 Å². The first-order valence-corrected chi connectivity index (χ1v) is 6.93. The summed E-state index contributed by atoms with van der Waals surface area (Å²) in [6, 6.07) is 0. The van der Waals surface area contributed by atoms with Gasteiger partial charge in [0.15, 0.2) is 0 Å². The molecule has 1 heterocycles. The maximum atomic E-state index is 11.8. The molecule has 0 radical (unpaired) electrons. The molecule has 0 amide bonds. The molecular weight excluding hydrogens is 212 g/mol. The van der Waals surface area contributed by atoms with Gasteiger partial charge >= 0.3 is 5.97 Å². The van der Waals surface area contributed by atoms with E-state index in [1.54, 1.807) is 0 Å². The van der Waals surface area contributed by atoms with Crippen LogP contribution in [0.25, 0.3) is 0 Å². The fourth-order valence-electron chi connectivity index (χ4n) is 4.29. The lowest BCUT2D eigenvalue weighted by molar-refractivity contribution is -0.143. The molecule has 0 unspecified atom stereocenters. The smallest absolute Gasteiger partial charge is 0.309 e. The molecule has 1 saturated heterocycles. The van der Waals surface area contributed by atoms with Gasteiger partial charge in [0.1, 0.15) is 6.10 Å². The molecule has 17 heavy (non-hydrogen) atoms. The second-order valence-corrected chi connectivity index (χ2v) is 6.46. The lowest BCUT2D eigenvalue weighted by atomic mass is 9.59. The van der Waals surface area contributed by atoms with Crippen LogP contribution in [0.2, 0.25) is 0 Å². The molecule has 1 aliphatic heterocycles. The highest BCUT2D eigenvalue weighted by Crippen LogP contribution is 2.55. The fraction of sp³-hybridized carbons (Fsp3) is 0.800. The largest absolute Gasteiger partial charge is 0.457 e. The van der Waals surface area contributed by atoms with Crippen LogP contribution in [0.3, 0.4) is 0 Å². The van der Waals surface area contributed by atoms with Crippen molar-refractivity contribution in [3.05, 3.63) is 11.1 Å². The molecule has 0 aromatic rings. The Morgan fingerprint density at radius 3 is 2.88 bits per heavy atom. The molecule has 0 spiro atoms. The number of rotatable bonds is 0. The highest BCUT2D eigenvalue weighted by molar-refractivity contribution is 5.75. The predicted octanol–water partition coefficient (Wildman–Crippen LogP) is 3.46. The third-order valence-corrected chi connectivity index (χ3v) is 5.35. The van der Waals surface area contributed by atoms with Crippen molar-refractivity contribution in [2.24, 2.45) is 17.3 Å². The summed E-state index contributed by atoms with van der Waals surface area (Å²) in [6.07, 6.45) is 6.27. The van der Waals surface area contributed by atoms with E-state index in [1.807, 2.05) is 6.92 Å². The maximum Gasteiger partial charge on any atom is 0.309 e. The van der Waals surface area contributed by atoms with E-state index in [9.17, 15) is 4.79 Å². The number of hydrogen-bond acceptors (Lipinski definition) is 2. The second-order valence-electron chi connectivity index (χ2n) is 6.46. The minimum atomic E-state index is 0.0233. The highest BCUT2D eigenvalue weighted by Gasteiger charge is 2.52. The second kappa shape index (κ2) is 3.60. The average Bonchev–Trinajstić information content (AvgIpc) is 2.54. The Morgan fingerprint density at radius 2 is 2.12 bits per heavy atom. The van der Waals surface area contributed by atoms with Crippen LogP contribution in [0.5, 0.6) is 0 Å². The van der Waals surface area contributed by atoms with E-state index < -0.39 is 0 Å². The van der Waals surface area contributed by atoms with Crippen molar-refractivity contribution < 1.29 is 9.53 Å². The van der Waals surface area contributed by atoms with Crippen LogP contribution in [-0.4, -0.2) is 12.1 Å². The van der Waals surface area contributed by atoms with E-state index in [4.69, 9.17) is 4.74 Å². The highest BCUT2D eigenvalue weighted by atomic mass is 16.6. The summed E-state index contributed by atoms with van der Waals surface area (Å²) in [7, 11) is 0. The van der Waals surface area contributed by atoms with Gasteiger partial charge in [-0.2, -0.15) is 0 Å². The van der Waals surface area contributed by atoms with Gasteiger partial charge < -0.3 is 4.74 Å². The summed E-state index contributed by atoms with van der Waals surface area (Å²) in [6.45, 7) is 6.65. The molecule has 4 atom stereocenters. The van der Waals surface area contributed by atoms with Crippen LogP contribution in [0.4, 0.5) is 0 Å². The van der Waals surface area contributed by atoms with Gasteiger partial charge in [-0.25, -0.2) is 0 Å². The molecule has 0 N–H and O–H groups in total. The van der Waals surface area contributed by atoms with Gasteiger partial charge in [-0.15, -0.1) is 0 Å². The van der Waals surface area contributed by atoms with Crippen LogP contribution in [0.1, 0.15) is 52.9 Å². The predicted molar refractivity (Wildman–Crippen MR) is 66.4 cm³/mol. The number of allylic oxidation sites excluding steroid dienone is 1. The summed E-state index contributed by atoms with van der Waals surface area (Å²) in [5, 5.41) is 0. The number of carbonyl (C=O) groups excluding carboxylic acids is 1. The zero-order valence-electron chi connectivity index (χ0n) is 11.1. The quantitative estimate of drug-likeness (QED) is 0.474. The average molecular weight is 234 g/mol. The monoisotopic (exact) mass is 234 g/mol. The Morgan fingerprint density at radius 1 is 1.35 bits per heavy atom. The molecule has 2 nitrogen and oxygen atoms in total. The SMILES string of the molecule is CC1=C2[C@H]3OC(=O)[C@H](C)[C@H]3CC[C@]2(C)CCC1. The first kappa shape index (κ1) is 11.3. The van der Waals surface area contributed by atoms with Crippen molar-refractivity contribution in [1.82, 2.24) is 0 Å². The number of fused-ring (bicyclic) bond motifs is 3. The van der Waals surface area contributed by atoms with Crippen molar-refractivity contribution in [1.29, 1.82) is 0 Å². The molecule has 2 aliphatic carbocycles. The van der Waals surface area contributed by atoms with Gasteiger partial charge in [-0.3, -0.25) is 4.79 Å². The van der Waals surface area contributed by atoms with Crippen molar-refractivity contribution in [2.75, 3.05) is 0 Å². The standard InChI is InChI=1S/C15H22O2/c1-9-5-4-7-15(3)8-6-11-10(2)14(16)17-13(11)12(9)15/h10-11,13H,4-8H2,1-3H3/t10-,11-,13+,15+/m1/s1. The first-order chi connectivity index (χ1) is 8.03. The normalized spacial score (nSPS) is 45.4. The number of ether oxygens (including phenoxy) is 1. The third kappa shape index (κ3) is 1.49. The van der Waals surface area contributed by atoms with Crippen LogP contribution in [0.15, 0.2) is 11.1 Å². The summed E-state index contributed by atoms with van der Waals surface area (Å²) in [5.41, 5.74) is 3.29. The molecule has 2 fully saturated rings. The zero-order valence-corrected chi connectivity index (χ0v) is 11.1. The summed E-state index contributed by atoms with van der Waals surface area (Å²) < 4.78 is 5.69. The van der Waals surface area contributed by atoms with Gasteiger partial charge in [0, 0.05) is 5.92 Å². The summed E-state index contributed by atoms with van der Waals surface area (Å²) >= 11 is 0. The van der Waals surface area contributed by atoms with Crippen LogP contribution in [0, 0.1) is 17.3 Å². The molecule has 0 bridgehead atoms. The maximum absolute atomic E-state index is 11.8. The van der Waals surface area contributed by atoms with Gasteiger partial charge in [0.05, 0.1) is 5.92 Å². The molecule has 94 valence electrons. The Hall–Kier alpha value is -0.790. The lowest BCUT2D eigenvalue weighted by Crippen LogP contribution is -2.40. The van der Waals surface area contributed by atoms with E-state index in [0.29, 0.717) is 11.3 Å². The molecule has 0 aromatic carbocycles. The van der Waals surface area contributed by atoms with Gasteiger partial charge in [0.25, 0.3) is 0 Å². The molecule has 2 heteroatoms. The minimum absolute atomic E-state index is 0.0233. The van der Waals surface area contributed by atoms with Crippen molar-refractivity contribution in [3.8, 4) is 0 Å². The van der Waals surface area contributed by atoms with E-state index >= 15 is 0 Å². The minimum Gasteiger partial charge on any atom is -0.457 e. The van der Waals surface area contributed by atoms with Crippen molar-refractivity contribution >= 4 is 5.97 Å². The lowest BCUT2D eigenvalue weighted by Gasteiger charge is -2.46. The molecule has 1 saturated carbocycles. The van der Waals surface area contributed by atoms with E-state index in [1.165, 1.54) is 36.8 Å². The van der Waals surface area contributed by atoms with Crippen LogP contribution >= 0.6 is 0 Å². The molecule has 0 aromatic heterocycles. The topological polar surface area (TPSA) is 26.3 Å². The van der Waals surface area contributed by atoms with Gasteiger partial charge in [0.2, 0.25) is 0 Å². The first-order valence-electron chi connectivity index (χ1n) is 6.93. The number of hydrogen-bond donors (Lipinski definition) is 0. The molecule has 3 rings (SSSR count). The fourth-order valence-corrected chi connectivity index (χ4v) is 4.29. The zero-order chi connectivity index (χ0) is 12.2. The van der Waals surface area contributed by atoms with E-state index in [2.05, 4.69) is 13.8 Å². The third-order valence-electron chi connectivity index (χ3n) is 5.35. The van der Waals surface area contributed by atoms with Crippen molar-refractivity contribution in [2.45, 2.75) is 59.0 Å². The number of esters is 1. The van der Waals surface area contributed by atoms with Crippen molar-refractivity contribution in [3.63, 3.8) is 0 Å². The molecule has 3 aliphatic rings. The Kier molecular flexibility index (Phi) is 2.39. The Balaban J connectivity index is 2.03. The van der Waals surface area contributed by atoms with E-state index in [0.717, 1.165) is 6.42 Å². The Bertz CT molecular complexity index is 396. The van der Waals surface area contributed by atoms with Crippen LogP contribution < -0.4 is 0 Å². The summed E-state index contributed by atoms with van der Waals surface area (Å²) in [4.78, 5) is 11.8. The summed E-state index contributed by atoms with van der Waals surface area (Å²) in [5.74, 6) is 0.570. The Labute approximate surface area is 103 Å². The van der Waals surface area contributed by atoms with E-state index in [-0.39, 0.29) is 18.0 Å². The van der Waals surface area contributed by atoms with Crippen LogP contribution in [-0.2, 0) is 9.53 Å². The van der Waals surface area contributed by atoms with Gasteiger partial charge in [-0.05, 0) is 50.0 Å². The number of carbonyl (C=O) groups is 1. The molecular formula is C15H22O2.